The van der Waals surface area contributed by atoms with Crippen LogP contribution >= 0.6 is 0 Å². The Bertz CT molecular complexity index is 589. The van der Waals surface area contributed by atoms with Crippen LogP contribution in [0.5, 0.6) is 5.75 Å². The van der Waals surface area contributed by atoms with Crippen LogP contribution in [0.3, 0.4) is 0 Å². The fourth-order valence-corrected chi connectivity index (χ4v) is 2.96. The van der Waals surface area contributed by atoms with Crippen molar-refractivity contribution in [2.45, 2.75) is 38.6 Å². The predicted molar refractivity (Wildman–Crippen MR) is 93.1 cm³/mol. The molecule has 2 amide bonds. The second-order valence-corrected chi connectivity index (χ2v) is 6.11. The predicted octanol–water partition coefficient (Wildman–Crippen LogP) is 1.46. The molecule has 6 heteroatoms. The summed E-state index contributed by atoms with van der Waals surface area (Å²) in [5.74, 6) is 0.307. The topological polar surface area (TPSA) is 84.7 Å². The van der Waals surface area contributed by atoms with Crippen LogP contribution in [-0.2, 0) is 4.79 Å². The van der Waals surface area contributed by atoms with Crippen LogP contribution in [0.25, 0.3) is 0 Å². The van der Waals surface area contributed by atoms with Crippen LogP contribution in [-0.4, -0.2) is 49.5 Å². The smallest absolute Gasteiger partial charge is 0.258 e. The molecular formula is C18H27N3O3. The van der Waals surface area contributed by atoms with Gasteiger partial charge in [-0.3, -0.25) is 9.59 Å². The van der Waals surface area contributed by atoms with Crippen LogP contribution in [0.15, 0.2) is 18.2 Å². The van der Waals surface area contributed by atoms with Gasteiger partial charge in [0.25, 0.3) is 5.91 Å². The lowest BCUT2D eigenvalue weighted by atomic mass is 9.99. The van der Waals surface area contributed by atoms with E-state index in [1.54, 1.807) is 18.0 Å². The minimum Gasteiger partial charge on any atom is -0.493 e. The molecule has 6 nitrogen and oxygen atoms in total. The van der Waals surface area contributed by atoms with Gasteiger partial charge >= 0.3 is 0 Å². The molecule has 1 aromatic carbocycles. The number of likely N-dealkylation sites (tertiary alicyclic amines) is 1. The van der Waals surface area contributed by atoms with E-state index < -0.39 is 6.04 Å². The molecule has 1 heterocycles. The van der Waals surface area contributed by atoms with Crippen molar-refractivity contribution < 1.29 is 14.3 Å². The number of hydrogen-bond acceptors (Lipinski definition) is 4. The zero-order chi connectivity index (χ0) is 17.5. The highest BCUT2D eigenvalue weighted by Crippen LogP contribution is 2.26. The van der Waals surface area contributed by atoms with Gasteiger partial charge in [-0.05, 0) is 56.8 Å². The Kier molecular flexibility index (Phi) is 6.61. The van der Waals surface area contributed by atoms with Gasteiger partial charge in [-0.15, -0.1) is 0 Å². The van der Waals surface area contributed by atoms with Crippen molar-refractivity contribution in [1.82, 2.24) is 10.2 Å². The number of nitrogens with one attached hydrogen (secondary N) is 1. The summed E-state index contributed by atoms with van der Waals surface area (Å²) in [4.78, 5) is 26.8. The fraction of sp³-hybridized carbons (Fsp3) is 0.556. The monoisotopic (exact) mass is 333 g/mol. The van der Waals surface area contributed by atoms with E-state index in [0.717, 1.165) is 24.8 Å². The van der Waals surface area contributed by atoms with Crippen LogP contribution in [0.2, 0.25) is 0 Å². The largest absolute Gasteiger partial charge is 0.493 e. The van der Waals surface area contributed by atoms with E-state index in [1.807, 2.05) is 19.1 Å². The average molecular weight is 333 g/mol. The molecule has 1 saturated heterocycles. The molecule has 1 aliphatic rings. The van der Waals surface area contributed by atoms with Gasteiger partial charge < -0.3 is 20.7 Å². The summed E-state index contributed by atoms with van der Waals surface area (Å²) >= 11 is 0. The maximum absolute atomic E-state index is 13.0. The van der Waals surface area contributed by atoms with E-state index in [2.05, 4.69) is 5.32 Å². The lowest BCUT2D eigenvalue weighted by Gasteiger charge is -2.34. The van der Waals surface area contributed by atoms with Crippen LogP contribution in [0, 0.1) is 6.92 Å². The maximum Gasteiger partial charge on any atom is 0.258 e. The number of carbonyl (C=O) groups is 2. The van der Waals surface area contributed by atoms with E-state index in [4.69, 9.17) is 10.5 Å². The molecule has 1 atom stereocenters. The summed E-state index contributed by atoms with van der Waals surface area (Å²) in [5.41, 5.74) is 7.04. The van der Waals surface area contributed by atoms with E-state index in [-0.39, 0.29) is 11.8 Å². The molecule has 2 rings (SSSR count). The van der Waals surface area contributed by atoms with Crippen molar-refractivity contribution in [3.63, 3.8) is 0 Å². The third-order valence-electron chi connectivity index (χ3n) is 4.29. The molecule has 1 aliphatic heterocycles. The number of rotatable bonds is 6. The Morgan fingerprint density at radius 1 is 1.38 bits per heavy atom. The number of likely N-dealkylation sites (N-methyl/N-ethyl adjacent to an activating group) is 1. The second kappa shape index (κ2) is 8.68. The number of ether oxygens (including phenoxy) is 1. The van der Waals surface area contributed by atoms with E-state index in [9.17, 15) is 9.59 Å². The molecule has 1 fully saturated rings. The molecule has 0 aliphatic carbocycles. The number of nitrogens with two attached hydrogens (primary N) is 1. The van der Waals surface area contributed by atoms with Crippen LogP contribution in [0.1, 0.15) is 41.6 Å². The summed E-state index contributed by atoms with van der Waals surface area (Å²) in [7, 11) is 1.60. The van der Waals surface area contributed by atoms with Gasteiger partial charge in [0.1, 0.15) is 11.8 Å². The minimum absolute atomic E-state index is 0.110. The summed E-state index contributed by atoms with van der Waals surface area (Å²) < 4.78 is 5.76. The molecular weight excluding hydrogens is 306 g/mol. The quantitative estimate of drug-likeness (QED) is 0.772. The first-order valence-corrected chi connectivity index (χ1v) is 8.54. The van der Waals surface area contributed by atoms with E-state index in [1.165, 1.54) is 0 Å². The molecule has 0 spiro atoms. The molecule has 24 heavy (non-hydrogen) atoms. The Morgan fingerprint density at radius 3 is 2.88 bits per heavy atom. The number of nitrogens with zero attached hydrogens (tertiary/aromatic N) is 1. The molecule has 0 radical (unpaired) electrons. The van der Waals surface area contributed by atoms with Gasteiger partial charge in [0.2, 0.25) is 5.91 Å². The molecule has 1 aromatic rings. The number of piperidine rings is 1. The Labute approximate surface area is 143 Å². The van der Waals surface area contributed by atoms with Crippen molar-refractivity contribution in [3.8, 4) is 5.75 Å². The number of aryl methyl sites for hydroxylation is 1. The zero-order valence-corrected chi connectivity index (χ0v) is 14.5. The highest BCUT2D eigenvalue weighted by molar-refractivity contribution is 5.99. The first-order chi connectivity index (χ1) is 11.6. The fourth-order valence-electron chi connectivity index (χ4n) is 2.96. The first-order valence-electron chi connectivity index (χ1n) is 8.54. The number of benzene rings is 1. The van der Waals surface area contributed by atoms with Gasteiger partial charge in [-0.1, -0.05) is 6.07 Å². The average Bonchev–Trinajstić information content (AvgIpc) is 2.61. The molecule has 132 valence electrons. The van der Waals surface area contributed by atoms with Crippen molar-refractivity contribution >= 4 is 11.8 Å². The highest BCUT2D eigenvalue weighted by Gasteiger charge is 2.33. The lowest BCUT2D eigenvalue weighted by Crippen LogP contribution is -2.51. The maximum atomic E-state index is 13.0. The summed E-state index contributed by atoms with van der Waals surface area (Å²) in [6, 6.07) is 5.13. The van der Waals surface area contributed by atoms with Crippen molar-refractivity contribution in [2.75, 3.05) is 26.7 Å². The number of amides is 2. The van der Waals surface area contributed by atoms with Gasteiger partial charge in [-0.2, -0.15) is 0 Å². The SMILES string of the molecule is CNC(=O)[C@@H]1CCCCN1C(=O)c1ccc(C)cc1OCCCN. The number of hydrogen-bond donors (Lipinski definition) is 2. The van der Waals surface area contributed by atoms with Gasteiger partial charge in [0.05, 0.1) is 12.2 Å². The summed E-state index contributed by atoms with van der Waals surface area (Å²) in [6.07, 6.45) is 3.29. The Hall–Kier alpha value is -2.08. The Balaban J connectivity index is 2.25. The van der Waals surface area contributed by atoms with Crippen molar-refractivity contribution in [3.05, 3.63) is 29.3 Å². The second-order valence-electron chi connectivity index (χ2n) is 6.11. The molecule has 3 N–H and O–H groups in total. The summed E-state index contributed by atoms with van der Waals surface area (Å²) in [6.45, 7) is 3.56. The van der Waals surface area contributed by atoms with Crippen molar-refractivity contribution in [1.29, 1.82) is 0 Å². The van der Waals surface area contributed by atoms with Gasteiger partial charge in [0, 0.05) is 13.6 Å². The molecule has 0 bridgehead atoms. The molecule has 0 saturated carbocycles. The van der Waals surface area contributed by atoms with E-state index in [0.29, 0.717) is 37.4 Å². The first kappa shape index (κ1) is 18.3. The summed E-state index contributed by atoms with van der Waals surface area (Å²) in [5, 5.41) is 2.66. The zero-order valence-electron chi connectivity index (χ0n) is 14.5. The third kappa shape index (κ3) is 4.26. The van der Waals surface area contributed by atoms with Crippen molar-refractivity contribution in [2.24, 2.45) is 5.73 Å². The lowest BCUT2D eigenvalue weighted by molar-refractivity contribution is -0.126. The number of carbonyl (C=O) groups excluding carboxylic acids is 2. The van der Waals surface area contributed by atoms with Crippen LogP contribution in [0.4, 0.5) is 0 Å². The van der Waals surface area contributed by atoms with Crippen LogP contribution < -0.4 is 15.8 Å². The highest BCUT2D eigenvalue weighted by atomic mass is 16.5. The standard InChI is InChI=1S/C18H27N3O3/c1-13-7-8-14(16(12-13)24-11-5-9-19)18(23)21-10-4-3-6-15(21)17(22)20-2/h7-8,12,15H,3-6,9-11,19H2,1-2H3,(H,20,22)/t15-/m0/s1. The molecule has 0 unspecified atom stereocenters. The normalized spacial score (nSPS) is 17.5. The minimum atomic E-state index is -0.408. The van der Waals surface area contributed by atoms with Gasteiger partial charge in [0.15, 0.2) is 0 Å². The Morgan fingerprint density at radius 2 is 2.17 bits per heavy atom. The third-order valence-corrected chi connectivity index (χ3v) is 4.29. The van der Waals surface area contributed by atoms with E-state index >= 15 is 0 Å². The molecule has 0 aromatic heterocycles. The van der Waals surface area contributed by atoms with Gasteiger partial charge in [-0.25, -0.2) is 0 Å².